The molecule has 0 bridgehead atoms. The van der Waals surface area contributed by atoms with Gasteiger partial charge < -0.3 is 15.0 Å². The molecule has 1 saturated heterocycles. The standard InChI is InChI=1S/C14H17F3N2O/c15-14(16,17)11-3-1-4-12(9-11)18-13-5-7-19(10-13)6-2-8-20/h1,3-4,8-9,13,18H,2,5-7,10H2/t13-/m1/s1. The van der Waals surface area contributed by atoms with Crippen LogP contribution >= 0.6 is 0 Å². The highest BCUT2D eigenvalue weighted by atomic mass is 19.4. The SMILES string of the molecule is O=CCCN1CC[C@@H](Nc2cccc(C(F)(F)F)c2)C1. The van der Waals surface area contributed by atoms with E-state index in [1.807, 2.05) is 0 Å². The third-order valence-corrected chi connectivity index (χ3v) is 3.40. The number of alkyl halides is 3. The molecule has 0 amide bonds. The zero-order valence-corrected chi connectivity index (χ0v) is 11.0. The highest BCUT2D eigenvalue weighted by Gasteiger charge is 2.30. The van der Waals surface area contributed by atoms with Crippen LogP contribution < -0.4 is 5.32 Å². The van der Waals surface area contributed by atoms with Crippen LogP contribution in [0.3, 0.4) is 0 Å². The van der Waals surface area contributed by atoms with Crippen molar-refractivity contribution in [3.8, 4) is 0 Å². The molecule has 1 fully saturated rings. The lowest BCUT2D eigenvalue weighted by molar-refractivity contribution is -0.137. The molecule has 6 heteroatoms. The Morgan fingerprint density at radius 1 is 1.40 bits per heavy atom. The van der Waals surface area contributed by atoms with E-state index in [0.717, 1.165) is 37.9 Å². The Kier molecular flexibility index (Phi) is 4.65. The number of likely N-dealkylation sites (tertiary alicyclic amines) is 1. The van der Waals surface area contributed by atoms with E-state index in [1.165, 1.54) is 6.07 Å². The minimum Gasteiger partial charge on any atom is -0.381 e. The number of rotatable bonds is 5. The largest absolute Gasteiger partial charge is 0.416 e. The molecule has 1 aliphatic heterocycles. The van der Waals surface area contributed by atoms with Crippen LogP contribution in [0.15, 0.2) is 24.3 Å². The quantitative estimate of drug-likeness (QED) is 0.845. The highest BCUT2D eigenvalue weighted by Crippen LogP contribution is 2.31. The lowest BCUT2D eigenvalue weighted by atomic mass is 10.1. The summed E-state index contributed by atoms with van der Waals surface area (Å²) in [5.74, 6) is 0. The number of benzene rings is 1. The zero-order valence-electron chi connectivity index (χ0n) is 11.0. The summed E-state index contributed by atoms with van der Waals surface area (Å²) in [6.45, 7) is 2.33. The fourth-order valence-electron chi connectivity index (χ4n) is 2.41. The van der Waals surface area contributed by atoms with Crippen molar-refractivity contribution in [3.05, 3.63) is 29.8 Å². The second-order valence-electron chi connectivity index (χ2n) is 4.96. The summed E-state index contributed by atoms with van der Waals surface area (Å²) in [6, 6.07) is 5.38. The zero-order chi connectivity index (χ0) is 14.6. The van der Waals surface area contributed by atoms with Gasteiger partial charge in [-0.15, -0.1) is 0 Å². The molecule has 3 nitrogen and oxygen atoms in total. The van der Waals surface area contributed by atoms with Gasteiger partial charge >= 0.3 is 6.18 Å². The van der Waals surface area contributed by atoms with Gasteiger partial charge in [0.05, 0.1) is 5.56 Å². The number of carbonyl (C=O) groups excluding carboxylic acids is 1. The van der Waals surface area contributed by atoms with Crippen LogP contribution in [0.5, 0.6) is 0 Å². The molecule has 110 valence electrons. The summed E-state index contributed by atoms with van der Waals surface area (Å²) < 4.78 is 37.8. The Labute approximate surface area is 115 Å². The monoisotopic (exact) mass is 286 g/mol. The predicted octanol–water partition coefficient (Wildman–Crippen LogP) is 2.78. The maximum Gasteiger partial charge on any atom is 0.416 e. The second-order valence-corrected chi connectivity index (χ2v) is 4.96. The Bertz CT molecular complexity index is 462. The van der Waals surface area contributed by atoms with Gasteiger partial charge in [0.1, 0.15) is 6.29 Å². The van der Waals surface area contributed by atoms with Crippen molar-refractivity contribution < 1.29 is 18.0 Å². The molecule has 0 aromatic heterocycles. The molecule has 0 unspecified atom stereocenters. The molecule has 1 N–H and O–H groups in total. The van der Waals surface area contributed by atoms with Gasteiger partial charge in [-0.2, -0.15) is 13.2 Å². The fourth-order valence-corrected chi connectivity index (χ4v) is 2.41. The molecule has 2 rings (SSSR count). The third-order valence-electron chi connectivity index (χ3n) is 3.40. The molecule has 0 saturated carbocycles. The molecule has 0 radical (unpaired) electrons. The third kappa shape index (κ3) is 3.96. The molecule has 1 heterocycles. The van der Waals surface area contributed by atoms with E-state index in [0.29, 0.717) is 18.7 Å². The summed E-state index contributed by atoms with van der Waals surface area (Å²) in [7, 11) is 0. The summed E-state index contributed by atoms with van der Waals surface area (Å²) >= 11 is 0. The Balaban J connectivity index is 1.93. The van der Waals surface area contributed by atoms with Gasteiger partial charge in [-0.3, -0.25) is 0 Å². The molecule has 1 aromatic rings. The summed E-state index contributed by atoms with van der Waals surface area (Å²) in [4.78, 5) is 12.5. The minimum absolute atomic E-state index is 0.130. The summed E-state index contributed by atoms with van der Waals surface area (Å²) in [5, 5.41) is 3.13. The molecule has 0 spiro atoms. The van der Waals surface area contributed by atoms with Crippen LogP contribution in [0.4, 0.5) is 18.9 Å². The van der Waals surface area contributed by atoms with E-state index < -0.39 is 11.7 Å². The normalized spacial score (nSPS) is 20.1. The molecule has 1 atom stereocenters. The Morgan fingerprint density at radius 2 is 2.20 bits per heavy atom. The number of nitrogens with one attached hydrogen (secondary N) is 1. The van der Waals surface area contributed by atoms with Gasteiger partial charge in [-0.25, -0.2) is 0 Å². The number of nitrogens with zero attached hydrogens (tertiary/aromatic N) is 1. The van der Waals surface area contributed by atoms with Crippen molar-refractivity contribution in [2.24, 2.45) is 0 Å². The van der Waals surface area contributed by atoms with Crippen molar-refractivity contribution in [1.82, 2.24) is 4.90 Å². The van der Waals surface area contributed by atoms with Gasteiger partial charge in [-0.05, 0) is 24.6 Å². The van der Waals surface area contributed by atoms with Crippen molar-refractivity contribution in [3.63, 3.8) is 0 Å². The van der Waals surface area contributed by atoms with Gasteiger partial charge in [0.15, 0.2) is 0 Å². The second kappa shape index (κ2) is 6.26. The van der Waals surface area contributed by atoms with Crippen LogP contribution in [0, 0.1) is 0 Å². The molecular weight excluding hydrogens is 269 g/mol. The first kappa shape index (κ1) is 14.8. The number of halogens is 3. The first-order valence-electron chi connectivity index (χ1n) is 6.59. The van der Waals surface area contributed by atoms with Crippen molar-refractivity contribution in [1.29, 1.82) is 0 Å². The van der Waals surface area contributed by atoms with Gasteiger partial charge in [0.2, 0.25) is 0 Å². The van der Waals surface area contributed by atoms with Crippen molar-refractivity contribution in [2.75, 3.05) is 25.0 Å². The molecule has 1 aromatic carbocycles. The summed E-state index contributed by atoms with van der Waals surface area (Å²) in [6.07, 6.45) is -2.07. The van der Waals surface area contributed by atoms with E-state index >= 15 is 0 Å². The van der Waals surface area contributed by atoms with Crippen molar-refractivity contribution >= 4 is 12.0 Å². The first-order valence-corrected chi connectivity index (χ1v) is 6.59. The molecule has 0 aliphatic carbocycles. The van der Waals surface area contributed by atoms with E-state index in [2.05, 4.69) is 10.2 Å². The van der Waals surface area contributed by atoms with E-state index in [9.17, 15) is 18.0 Å². The maximum atomic E-state index is 12.6. The van der Waals surface area contributed by atoms with Crippen LogP contribution in [0.1, 0.15) is 18.4 Å². The smallest absolute Gasteiger partial charge is 0.381 e. The lowest BCUT2D eigenvalue weighted by Gasteiger charge is -2.17. The summed E-state index contributed by atoms with van der Waals surface area (Å²) in [5.41, 5.74) is -0.152. The lowest BCUT2D eigenvalue weighted by Crippen LogP contribution is -2.27. The first-order chi connectivity index (χ1) is 9.49. The van der Waals surface area contributed by atoms with Crippen molar-refractivity contribution in [2.45, 2.75) is 25.1 Å². The molecular formula is C14H17F3N2O. The van der Waals surface area contributed by atoms with Gasteiger partial charge in [0, 0.05) is 37.8 Å². The number of hydrogen-bond donors (Lipinski definition) is 1. The van der Waals surface area contributed by atoms with E-state index in [4.69, 9.17) is 0 Å². The molecule has 1 aliphatic rings. The number of anilines is 1. The predicted molar refractivity (Wildman–Crippen MR) is 70.6 cm³/mol. The van der Waals surface area contributed by atoms with Crippen LogP contribution in [0.25, 0.3) is 0 Å². The number of aldehydes is 1. The minimum atomic E-state index is -4.32. The van der Waals surface area contributed by atoms with E-state index in [1.54, 1.807) is 6.07 Å². The topological polar surface area (TPSA) is 32.3 Å². The Morgan fingerprint density at radius 3 is 2.90 bits per heavy atom. The fraction of sp³-hybridized carbons (Fsp3) is 0.500. The van der Waals surface area contributed by atoms with Gasteiger partial charge in [-0.1, -0.05) is 6.07 Å². The maximum absolute atomic E-state index is 12.6. The number of carbonyl (C=O) groups is 1. The van der Waals surface area contributed by atoms with E-state index in [-0.39, 0.29) is 6.04 Å². The average Bonchev–Trinajstić information content (AvgIpc) is 2.83. The van der Waals surface area contributed by atoms with Crippen LogP contribution in [-0.4, -0.2) is 36.9 Å². The Hall–Kier alpha value is -1.56. The van der Waals surface area contributed by atoms with Crippen LogP contribution in [-0.2, 0) is 11.0 Å². The molecule has 20 heavy (non-hydrogen) atoms. The van der Waals surface area contributed by atoms with Gasteiger partial charge in [0.25, 0.3) is 0 Å². The van der Waals surface area contributed by atoms with Crippen LogP contribution in [0.2, 0.25) is 0 Å². The average molecular weight is 286 g/mol. The number of hydrogen-bond acceptors (Lipinski definition) is 3. The highest BCUT2D eigenvalue weighted by molar-refractivity contribution is 5.49.